The van der Waals surface area contributed by atoms with Gasteiger partial charge < -0.3 is 30.3 Å². The monoisotopic (exact) mass is 499 g/mol. The van der Waals surface area contributed by atoms with Gasteiger partial charge in [0.15, 0.2) is 0 Å². The first-order valence-electron chi connectivity index (χ1n) is 11.6. The number of allylic oxidation sites excluding steroid dienone is 5. The smallest absolute Gasteiger partial charge is 0.305 e. The van der Waals surface area contributed by atoms with Gasteiger partial charge in [-0.2, -0.15) is 0 Å². The Bertz CT molecular complexity index is 1060. The molecule has 0 bridgehead atoms. The fraction of sp³-hybridized carbons (Fsp3) is 0.458. The summed E-state index contributed by atoms with van der Waals surface area (Å²) < 4.78 is 0. The van der Waals surface area contributed by atoms with Crippen molar-refractivity contribution >= 4 is 41.6 Å². The molecule has 0 radical (unpaired) electrons. The van der Waals surface area contributed by atoms with Gasteiger partial charge in [0, 0.05) is 38.0 Å². The molecule has 2 unspecified atom stereocenters. The fourth-order valence-electron chi connectivity index (χ4n) is 4.34. The minimum absolute atomic E-state index is 0.0106. The molecule has 0 aromatic carbocycles. The average molecular weight is 500 g/mol. The predicted molar refractivity (Wildman–Crippen MR) is 127 cm³/mol. The topological polar surface area (TPSA) is 166 Å². The third-order valence-electron chi connectivity index (χ3n) is 6.26. The van der Waals surface area contributed by atoms with E-state index in [1.165, 1.54) is 23.6 Å². The van der Waals surface area contributed by atoms with E-state index in [1.54, 1.807) is 6.20 Å². The van der Waals surface area contributed by atoms with Crippen LogP contribution < -0.4 is 10.6 Å². The van der Waals surface area contributed by atoms with Crippen LogP contribution in [0.1, 0.15) is 20.3 Å². The average Bonchev–Trinajstić information content (AvgIpc) is 2.86. The quantitative estimate of drug-likeness (QED) is 0.362. The van der Waals surface area contributed by atoms with Gasteiger partial charge in [0.05, 0.1) is 19.0 Å². The lowest BCUT2D eigenvalue weighted by atomic mass is 9.83. The lowest BCUT2D eigenvalue weighted by molar-refractivity contribution is -0.149. The number of hydrogen-bond acceptors (Lipinski definition) is 7. The number of aldehydes is 1. The minimum Gasteiger partial charge on any atom is -0.481 e. The van der Waals surface area contributed by atoms with Crippen molar-refractivity contribution in [1.29, 1.82) is 0 Å². The molecule has 1 saturated heterocycles. The molecule has 2 heterocycles. The van der Waals surface area contributed by atoms with Gasteiger partial charge >= 0.3 is 5.97 Å². The number of aliphatic carboxylic acids is 1. The molecule has 0 aromatic heterocycles. The summed E-state index contributed by atoms with van der Waals surface area (Å²) in [6, 6.07) is -3.48. The molecule has 12 heteroatoms. The Labute approximate surface area is 207 Å². The zero-order valence-corrected chi connectivity index (χ0v) is 20.0. The van der Waals surface area contributed by atoms with E-state index in [0.717, 1.165) is 0 Å². The molecule has 192 valence electrons. The number of rotatable bonds is 8. The molecule has 5 atom stereocenters. The molecule has 0 spiro atoms. The van der Waals surface area contributed by atoms with Gasteiger partial charge in [-0.25, -0.2) is 0 Å². The van der Waals surface area contributed by atoms with E-state index < -0.39 is 48.2 Å². The van der Waals surface area contributed by atoms with Gasteiger partial charge in [0.2, 0.25) is 17.7 Å². The summed E-state index contributed by atoms with van der Waals surface area (Å²) >= 11 is 0. The Morgan fingerprint density at radius 2 is 1.86 bits per heavy atom. The molecule has 3 aliphatic rings. The van der Waals surface area contributed by atoms with Crippen molar-refractivity contribution in [2.24, 2.45) is 16.8 Å². The van der Waals surface area contributed by atoms with E-state index in [-0.39, 0.29) is 43.1 Å². The molecule has 36 heavy (non-hydrogen) atoms. The van der Waals surface area contributed by atoms with E-state index in [1.807, 2.05) is 30.4 Å². The highest BCUT2D eigenvalue weighted by Crippen LogP contribution is 2.26. The first kappa shape index (κ1) is 26.5. The maximum Gasteiger partial charge on any atom is 0.305 e. The minimum atomic E-state index is -1.29. The Morgan fingerprint density at radius 1 is 1.14 bits per heavy atom. The maximum atomic E-state index is 13.3. The molecule has 4 amide bonds. The zero-order valence-electron chi connectivity index (χ0n) is 20.0. The van der Waals surface area contributed by atoms with Crippen LogP contribution in [0.2, 0.25) is 0 Å². The van der Waals surface area contributed by atoms with Crippen LogP contribution in [0, 0.1) is 11.8 Å². The number of carbonyl (C=O) groups excluding carboxylic acids is 5. The summed E-state index contributed by atoms with van der Waals surface area (Å²) in [5.74, 6) is -3.69. The molecular weight excluding hydrogens is 470 g/mol. The number of fused-ring (bicyclic) bond motifs is 1. The summed E-state index contributed by atoms with van der Waals surface area (Å²) in [5.41, 5.74) is 0.265. The van der Waals surface area contributed by atoms with Crippen molar-refractivity contribution < 1.29 is 33.9 Å². The molecule has 1 fully saturated rings. The van der Waals surface area contributed by atoms with Crippen molar-refractivity contribution in [3.8, 4) is 0 Å². The first-order chi connectivity index (χ1) is 17.1. The Hall–Kier alpha value is -4.09. The van der Waals surface area contributed by atoms with Gasteiger partial charge in [0.1, 0.15) is 24.1 Å². The number of carbonyl (C=O) groups is 6. The molecule has 2 aliphatic heterocycles. The number of piperazine rings is 1. The summed E-state index contributed by atoms with van der Waals surface area (Å²) in [6.07, 6.45) is 10.6. The lowest BCUT2D eigenvalue weighted by Gasteiger charge is -2.41. The van der Waals surface area contributed by atoms with Gasteiger partial charge in [-0.05, 0) is 6.92 Å². The van der Waals surface area contributed by atoms with Crippen LogP contribution in [-0.4, -0.2) is 94.3 Å². The maximum absolute atomic E-state index is 13.3. The fourth-order valence-corrected chi connectivity index (χ4v) is 4.34. The lowest BCUT2D eigenvalue weighted by Crippen LogP contribution is -2.64. The van der Waals surface area contributed by atoms with E-state index in [9.17, 15) is 28.8 Å². The number of amides is 4. The number of hydrogen-bond donors (Lipinski definition) is 3. The summed E-state index contributed by atoms with van der Waals surface area (Å²) in [5, 5.41) is 13.9. The highest BCUT2D eigenvalue weighted by Gasteiger charge is 2.39. The van der Waals surface area contributed by atoms with Gasteiger partial charge in [0.25, 0.3) is 5.91 Å². The Morgan fingerprint density at radius 3 is 2.53 bits per heavy atom. The van der Waals surface area contributed by atoms with Crippen molar-refractivity contribution in [1.82, 2.24) is 20.4 Å². The summed E-state index contributed by atoms with van der Waals surface area (Å²) in [7, 11) is 0. The third kappa shape index (κ3) is 6.12. The number of aliphatic imine (C=N–C) groups is 1. The van der Waals surface area contributed by atoms with Crippen LogP contribution in [0.3, 0.4) is 0 Å². The Kier molecular flexibility index (Phi) is 8.51. The van der Waals surface area contributed by atoms with Crippen molar-refractivity contribution in [3.05, 3.63) is 36.6 Å². The SMILES string of the molecule is CC(=O)N1CCN(C(=O)[C@H](C)NC(=O)C2=NC=CC3C=CC=CC23)[C@H](C(=O)N[C@H](C=O)CC(=O)O)C1. The molecule has 1 aliphatic carbocycles. The second-order valence-electron chi connectivity index (χ2n) is 8.79. The van der Waals surface area contributed by atoms with Crippen LogP contribution in [0.25, 0.3) is 0 Å². The molecule has 12 nitrogen and oxygen atoms in total. The third-order valence-corrected chi connectivity index (χ3v) is 6.26. The van der Waals surface area contributed by atoms with Crippen LogP contribution in [0.15, 0.2) is 41.6 Å². The zero-order chi connectivity index (χ0) is 26.4. The van der Waals surface area contributed by atoms with E-state index in [2.05, 4.69) is 15.6 Å². The van der Waals surface area contributed by atoms with Crippen molar-refractivity contribution in [2.75, 3.05) is 19.6 Å². The molecular formula is C24H29N5O7. The van der Waals surface area contributed by atoms with E-state index >= 15 is 0 Å². The van der Waals surface area contributed by atoms with Crippen molar-refractivity contribution in [2.45, 2.75) is 38.4 Å². The molecule has 3 rings (SSSR count). The van der Waals surface area contributed by atoms with E-state index in [4.69, 9.17) is 5.11 Å². The van der Waals surface area contributed by atoms with E-state index in [0.29, 0.717) is 6.29 Å². The standard InChI is InChI=1S/C24H29N5O7/c1-14(26-23(35)21-18-6-4-3-5-16(18)7-8-25-21)24(36)29-10-9-28(15(2)31)12-19(29)22(34)27-17(13-30)11-20(32)33/h3-8,13-14,16-19H,9-12H2,1-2H3,(H,26,35)(H,27,34)(H,32,33)/t14-,16?,17-,18?,19-/m0/s1. The summed E-state index contributed by atoms with van der Waals surface area (Å²) in [4.78, 5) is 80.2. The number of nitrogens with one attached hydrogen (secondary N) is 2. The predicted octanol–water partition coefficient (Wildman–Crippen LogP) is -0.964. The summed E-state index contributed by atoms with van der Waals surface area (Å²) in [6.45, 7) is 2.87. The normalized spacial score (nSPS) is 24.2. The largest absolute Gasteiger partial charge is 0.481 e. The van der Waals surface area contributed by atoms with Crippen molar-refractivity contribution in [3.63, 3.8) is 0 Å². The number of carboxylic acid groups (broad SMARTS) is 1. The molecule has 0 aromatic rings. The molecule has 3 N–H and O–H groups in total. The van der Waals surface area contributed by atoms with Crippen LogP contribution in [0.4, 0.5) is 0 Å². The first-order valence-corrected chi connectivity index (χ1v) is 11.6. The second-order valence-corrected chi connectivity index (χ2v) is 8.79. The van der Waals surface area contributed by atoms with Gasteiger partial charge in [-0.3, -0.25) is 29.0 Å². The number of carboxylic acids is 1. The van der Waals surface area contributed by atoms with Crippen LogP contribution in [0.5, 0.6) is 0 Å². The van der Waals surface area contributed by atoms with Crippen LogP contribution in [-0.2, 0) is 28.8 Å². The molecule has 0 saturated carbocycles. The van der Waals surface area contributed by atoms with Crippen LogP contribution >= 0.6 is 0 Å². The number of nitrogens with zero attached hydrogens (tertiary/aromatic N) is 3. The van der Waals surface area contributed by atoms with Gasteiger partial charge in [-0.15, -0.1) is 0 Å². The highest BCUT2D eigenvalue weighted by molar-refractivity contribution is 6.40. The van der Waals surface area contributed by atoms with Gasteiger partial charge in [-0.1, -0.05) is 30.4 Å². The highest BCUT2D eigenvalue weighted by atomic mass is 16.4. The Balaban J connectivity index is 1.72. The second kappa shape index (κ2) is 11.6.